The molecule has 0 aliphatic heterocycles. The van der Waals surface area contributed by atoms with Gasteiger partial charge in [0.1, 0.15) is 0 Å². The molecule has 114 valence electrons. The summed E-state index contributed by atoms with van der Waals surface area (Å²) in [6.07, 6.45) is 4.08. The Morgan fingerprint density at radius 1 is 1.38 bits per heavy atom. The molecule has 2 unspecified atom stereocenters. The van der Waals surface area contributed by atoms with Crippen LogP contribution in [0.4, 0.5) is 5.69 Å². The van der Waals surface area contributed by atoms with Gasteiger partial charge in [0.25, 0.3) is 5.69 Å². The van der Waals surface area contributed by atoms with Crippen molar-refractivity contribution in [2.24, 2.45) is 17.6 Å². The van der Waals surface area contributed by atoms with Crippen molar-refractivity contribution in [1.29, 1.82) is 0 Å². The predicted octanol–water partition coefficient (Wildman–Crippen LogP) is 1.98. The Hall–Kier alpha value is -1.95. The average Bonchev–Trinajstić information content (AvgIpc) is 2.52. The maximum Gasteiger partial charge on any atom is 0.269 e. The molecule has 0 heterocycles. The van der Waals surface area contributed by atoms with Gasteiger partial charge in [-0.2, -0.15) is 0 Å². The van der Waals surface area contributed by atoms with Gasteiger partial charge in [-0.15, -0.1) is 0 Å². The first-order valence-electron chi connectivity index (χ1n) is 7.33. The minimum Gasteiger partial charge on any atom is -0.352 e. The first-order chi connectivity index (χ1) is 10.1. The smallest absolute Gasteiger partial charge is 0.269 e. The summed E-state index contributed by atoms with van der Waals surface area (Å²) in [4.78, 5) is 22.6. The summed E-state index contributed by atoms with van der Waals surface area (Å²) >= 11 is 0. The fourth-order valence-electron chi connectivity index (χ4n) is 2.94. The molecule has 21 heavy (non-hydrogen) atoms. The Kier molecular flexibility index (Phi) is 5.27. The number of nitrogens with zero attached hydrogens (tertiary/aromatic N) is 1. The Bertz CT molecular complexity index is 519. The van der Waals surface area contributed by atoms with E-state index in [4.69, 9.17) is 5.73 Å². The second-order valence-corrected chi connectivity index (χ2v) is 5.53. The average molecular weight is 291 g/mol. The largest absolute Gasteiger partial charge is 0.352 e. The van der Waals surface area contributed by atoms with Crippen LogP contribution in [0.5, 0.6) is 0 Å². The summed E-state index contributed by atoms with van der Waals surface area (Å²) in [5.41, 5.74) is 6.51. The van der Waals surface area contributed by atoms with E-state index in [9.17, 15) is 14.9 Å². The van der Waals surface area contributed by atoms with Crippen LogP contribution in [0.25, 0.3) is 0 Å². The van der Waals surface area contributed by atoms with Gasteiger partial charge in [0.05, 0.1) is 4.92 Å². The molecule has 2 atom stereocenters. The normalized spacial score (nSPS) is 21.8. The van der Waals surface area contributed by atoms with E-state index in [1.54, 1.807) is 12.1 Å². The lowest BCUT2D eigenvalue weighted by Crippen LogP contribution is -2.39. The zero-order chi connectivity index (χ0) is 15.2. The van der Waals surface area contributed by atoms with Gasteiger partial charge in [0.15, 0.2) is 0 Å². The molecular weight excluding hydrogens is 270 g/mol. The third kappa shape index (κ3) is 4.01. The zero-order valence-corrected chi connectivity index (χ0v) is 12.0. The Morgan fingerprint density at radius 2 is 2.14 bits per heavy atom. The number of carbonyl (C=O) groups is 1. The highest BCUT2D eigenvalue weighted by atomic mass is 16.6. The number of nitrogens with two attached hydrogens (primary N) is 1. The van der Waals surface area contributed by atoms with E-state index in [0.717, 1.165) is 31.2 Å². The molecule has 0 spiro atoms. The number of non-ortho nitro benzene ring substituents is 1. The minimum atomic E-state index is -0.434. The maximum atomic E-state index is 12.3. The number of benzene rings is 1. The number of nitrogens with one attached hydrogen (secondary N) is 1. The van der Waals surface area contributed by atoms with Crippen molar-refractivity contribution in [1.82, 2.24) is 5.32 Å². The van der Waals surface area contributed by atoms with Gasteiger partial charge < -0.3 is 11.1 Å². The monoisotopic (exact) mass is 291 g/mol. The summed E-state index contributed by atoms with van der Waals surface area (Å²) in [7, 11) is 0. The number of rotatable bonds is 5. The van der Waals surface area contributed by atoms with Crippen molar-refractivity contribution in [2.45, 2.75) is 32.2 Å². The third-order valence-electron chi connectivity index (χ3n) is 4.14. The SMILES string of the molecule is NCC1CCCCC1C(=O)NCc1cccc([N+](=O)[O-])c1. The highest BCUT2D eigenvalue weighted by Crippen LogP contribution is 2.29. The molecular formula is C15H21N3O3. The number of hydrogen-bond donors (Lipinski definition) is 2. The van der Waals surface area contributed by atoms with Crippen LogP contribution in [0, 0.1) is 22.0 Å². The zero-order valence-electron chi connectivity index (χ0n) is 12.0. The lowest BCUT2D eigenvalue weighted by Gasteiger charge is -2.29. The second-order valence-electron chi connectivity index (χ2n) is 5.53. The highest BCUT2D eigenvalue weighted by molar-refractivity contribution is 5.79. The molecule has 0 bridgehead atoms. The van der Waals surface area contributed by atoms with E-state index in [1.165, 1.54) is 12.1 Å². The topological polar surface area (TPSA) is 98.3 Å². The number of hydrogen-bond acceptors (Lipinski definition) is 4. The molecule has 1 saturated carbocycles. The highest BCUT2D eigenvalue weighted by Gasteiger charge is 2.29. The molecule has 0 saturated heterocycles. The van der Waals surface area contributed by atoms with E-state index in [-0.39, 0.29) is 23.4 Å². The van der Waals surface area contributed by atoms with Crippen LogP contribution in [0.2, 0.25) is 0 Å². The van der Waals surface area contributed by atoms with Gasteiger partial charge in [0.2, 0.25) is 5.91 Å². The van der Waals surface area contributed by atoms with Gasteiger partial charge in [-0.25, -0.2) is 0 Å². The standard InChI is InChI=1S/C15H21N3O3/c16-9-12-5-1-2-7-14(12)15(19)17-10-11-4-3-6-13(8-11)18(20)21/h3-4,6,8,12,14H,1-2,5,7,9-10,16H2,(H,17,19). The van der Waals surface area contributed by atoms with Crippen LogP contribution < -0.4 is 11.1 Å². The molecule has 0 aromatic heterocycles. The van der Waals surface area contributed by atoms with Crippen LogP contribution in [-0.2, 0) is 11.3 Å². The van der Waals surface area contributed by atoms with Crippen LogP contribution in [0.1, 0.15) is 31.2 Å². The van der Waals surface area contributed by atoms with Crippen molar-refractivity contribution in [3.63, 3.8) is 0 Å². The summed E-state index contributed by atoms with van der Waals surface area (Å²) in [5, 5.41) is 13.6. The Morgan fingerprint density at radius 3 is 2.86 bits per heavy atom. The van der Waals surface area contributed by atoms with E-state index < -0.39 is 4.92 Å². The van der Waals surface area contributed by atoms with Crippen LogP contribution in [0.3, 0.4) is 0 Å². The lowest BCUT2D eigenvalue weighted by atomic mass is 9.79. The number of nitro benzene ring substituents is 1. The van der Waals surface area contributed by atoms with E-state index >= 15 is 0 Å². The number of nitro groups is 1. The Labute approximate surface area is 123 Å². The summed E-state index contributed by atoms with van der Waals surface area (Å²) < 4.78 is 0. The quantitative estimate of drug-likeness (QED) is 0.640. The number of carbonyl (C=O) groups excluding carboxylic acids is 1. The summed E-state index contributed by atoms with van der Waals surface area (Å²) in [6.45, 7) is 0.850. The van der Waals surface area contributed by atoms with Gasteiger partial charge in [0, 0.05) is 24.6 Å². The van der Waals surface area contributed by atoms with Gasteiger partial charge >= 0.3 is 0 Å². The maximum absolute atomic E-state index is 12.3. The fraction of sp³-hybridized carbons (Fsp3) is 0.533. The van der Waals surface area contributed by atoms with Crippen molar-refractivity contribution in [3.05, 3.63) is 39.9 Å². The molecule has 1 aromatic carbocycles. The lowest BCUT2D eigenvalue weighted by molar-refractivity contribution is -0.384. The minimum absolute atomic E-state index is 0.0108. The Balaban J connectivity index is 1.94. The van der Waals surface area contributed by atoms with Crippen LogP contribution >= 0.6 is 0 Å². The van der Waals surface area contributed by atoms with Gasteiger partial charge in [-0.1, -0.05) is 25.0 Å². The van der Waals surface area contributed by atoms with Crippen molar-refractivity contribution >= 4 is 11.6 Å². The molecule has 2 rings (SSSR count). The fourth-order valence-corrected chi connectivity index (χ4v) is 2.94. The summed E-state index contributed by atoms with van der Waals surface area (Å²) in [5.74, 6) is 0.239. The van der Waals surface area contributed by atoms with Gasteiger partial charge in [-0.3, -0.25) is 14.9 Å². The first kappa shape index (κ1) is 15.4. The third-order valence-corrected chi connectivity index (χ3v) is 4.14. The molecule has 1 aliphatic rings. The molecule has 1 amide bonds. The first-order valence-corrected chi connectivity index (χ1v) is 7.33. The van der Waals surface area contributed by atoms with Gasteiger partial charge in [-0.05, 0) is 30.9 Å². The summed E-state index contributed by atoms with van der Waals surface area (Å²) in [6, 6.07) is 6.33. The van der Waals surface area contributed by atoms with E-state index in [2.05, 4.69) is 5.32 Å². The van der Waals surface area contributed by atoms with Crippen LogP contribution in [0.15, 0.2) is 24.3 Å². The van der Waals surface area contributed by atoms with Crippen molar-refractivity contribution < 1.29 is 9.72 Å². The number of amides is 1. The van der Waals surface area contributed by atoms with E-state index in [0.29, 0.717) is 13.1 Å². The van der Waals surface area contributed by atoms with Crippen LogP contribution in [-0.4, -0.2) is 17.4 Å². The van der Waals surface area contributed by atoms with Crippen molar-refractivity contribution in [3.8, 4) is 0 Å². The molecule has 6 heteroatoms. The molecule has 6 nitrogen and oxygen atoms in total. The molecule has 3 N–H and O–H groups in total. The predicted molar refractivity (Wildman–Crippen MR) is 79.4 cm³/mol. The molecule has 1 fully saturated rings. The second kappa shape index (κ2) is 7.17. The van der Waals surface area contributed by atoms with E-state index in [1.807, 2.05) is 0 Å². The molecule has 0 radical (unpaired) electrons. The van der Waals surface area contributed by atoms with Crippen molar-refractivity contribution in [2.75, 3.05) is 6.54 Å². The molecule has 1 aliphatic carbocycles. The molecule has 1 aromatic rings.